The van der Waals surface area contributed by atoms with E-state index in [-0.39, 0.29) is 12.5 Å². The summed E-state index contributed by atoms with van der Waals surface area (Å²) < 4.78 is 0. The second kappa shape index (κ2) is 6.46. The number of benzene rings is 1. The van der Waals surface area contributed by atoms with E-state index in [0.717, 1.165) is 18.4 Å². The van der Waals surface area contributed by atoms with E-state index >= 15 is 0 Å². The molecule has 0 unspecified atom stereocenters. The van der Waals surface area contributed by atoms with Gasteiger partial charge >= 0.3 is 0 Å². The number of halogens is 1. The second-order valence-electron chi connectivity index (χ2n) is 5.90. The molecule has 4 nitrogen and oxygen atoms in total. The van der Waals surface area contributed by atoms with Crippen LogP contribution in [0.1, 0.15) is 25.3 Å². The lowest BCUT2D eigenvalue weighted by Gasteiger charge is -2.25. The Hall–Kier alpha value is -1.57. The molecule has 0 radical (unpaired) electrons. The molecule has 1 aliphatic rings. The topological polar surface area (TPSA) is 56.1 Å². The van der Waals surface area contributed by atoms with Crippen LogP contribution in [0.15, 0.2) is 24.3 Å². The van der Waals surface area contributed by atoms with Crippen molar-refractivity contribution >= 4 is 17.5 Å². The summed E-state index contributed by atoms with van der Waals surface area (Å²) in [6.45, 7) is 2.64. The lowest BCUT2D eigenvalue weighted by atomic mass is 9.98. The normalized spacial score (nSPS) is 17.1. The first-order valence-corrected chi connectivity index (χ1v) is 7.46. The fraction of sp³-hybridized carbons (Fsp3) is 0.500. The summed E-state index contributed by atoms with van der Waals surface area (Å²) in [6.07, 6.45) is 2.03. The first-order valence-electron chi connectivity index (χ1n) is 7.09. The highest BCUT2D eigenvalue weighted by molar-refractivity contribution is 6.31. The fourth-order valence-electron chi connectivity index (χ4n) is 2.43. The van der Waals surface area contributed by atoms with Gasteiger partial charge in [-0.25, -0.2) is 0 Å². The van der Waals surface area contributed by atoms with Crippen LogP contribution in [-0.4, -0.2) is 29.9 Å². The molecule has 112 valence electrons. The van der Waals surface area contributed by atoms with Crippen molar-refractivity contribution in [3.63, 3.8) is 0 Å². The summed E-state index contributed by atoms with van der Waals surface area (Å²) in [4.78, 5) is 14.0. The summed E-state index contributed by atoms with van der Waals surface area (Å²) in [5.41, 5.74) is 0.252. The molecule has 0 aliphatic heterocycles. The summed E-state index contributed by atoms with van der Waals surface area (Å²) in [6, 6.07) is 9.82. The van der Waals surface area contributed by atoms with E-state index in [2.05, 4.69) is 11.4 Å². The van der Waals surface area contributed by atoms with Crippen molar-refractivity contribution in [3.8, 4) is 6.07 Å². The third kappa shape index (κ3) is 4.20. The zero-order chi connectivity index (χ0) is 15.5. The molecular weight excluding hydrogens is 286 g/mol. The molecule has 1 atom stereocenters. The van der Waals surface area contributed by atoms with Gasteiger partial charge in [-0.15, -0.1) is 0 Å². The molecule has 1 fully saturated rings. The van der Waals surface area contributed by atoms with Crippen LogP contribution in [-0.2, 0) is 11.3 Å². The molecule has 0 spiro atoms. The number of nitriles is 1. The molecule has 0 heterocycles. The van der Waals surface area contributed by atoms with Crippen LogP contribution in [0.25, 0.3) is 0 Å². The van der Waals surface area contributed by atoms with Gasteiger partial charge in [-0.3, -0.25) is 9.69 Å². The van der Waals surface area contributed by atoms with Gasteiger partial charge in [0.15, 0.2) is 0 Å². The summed E-state index contributed by atoms with van der Waals surface area (Å²) in [5, 5.41) is 12.8. The number of nitrogens with zero attached hydrogens (tertiary/aromatic N) is 2. The molecular formula is C16H20ClN3O. The van der Waals surface area contributed by atoms with Gasteiger partial charge in [0, 0.05) is 11.6 Å². The average molecular weight is 306 g/mol. The number of likely N-dealkylation sites (N-methyl/N-ethyl adjacent to an activating group) is 1. The summed E-state index contributed by atoms with van der Waals surface area (Å²) in [7, 11) is 1.86. The highest BCUT2D eigenvalue weighted by Gasteiger charge is 2.42. The van der Waals surface area contributed by atoms with E-state index in [0.29, 0.717) is 17.5 Å². The molecule has 0 aromatic heterocycles. The van der Waals surface area contributed by atoms with E-state index in [1.165, 1.54) is 0 Å². The van der Waals surface area contributed by atoms with Crippen LogP contribution in [0.3, 0.4) is 0 Å². The minimum atomic E-state index is -0.734. The number of carbonyl (C=O) groups excluding carboxylic acids is 1. The molecule has 1 aromatic rings. The van der Waals surface area contributed by atoms with E-state index in [9.17, 15) is 10.1 Å². The van der Waals surface area contributed by atoms with Crippen molar-refractivity contribution in [2.75, 3.05) is 13.6 Å². The predicted octanol–water partition coefficient (Wildman–Crippen LogP) is 2.58. The fourth-order valence-corrected chi connectivity index (χ4v) is 2.63. The number of hydrogen-bond acceptors (Lipinski definition) is 3. The van der Waals surface area contributed by atoms with Gasteiger partial charge in [0.25, 0.3) is 0 Å². The molecule has 5 heteroatoms. The van der Waals surface area contributed by atoms with Crippen molar-refractivity contribution in [1.29, 1.82) is 5.26 Å². The predicted molar refractivity (Wildman–Crippen MR) is 82.7 cm³/mol. The average Bonchev–Trinajstić information content (AvgIpc) is 3.25. The molecule has 1 aliphatic carbocycles. The zero-order valence-electron chi connectivity index (χ0n) is 12.4. The first kappa shape index (κ1) is 15.8. The van der Waals surface area contributed by atoms with Crippen LogP contribution in [0.4, 0.5) is 0 Å². The minimum absolute atomic E-state index is 0.125. The monoisotopic (exact) mass is 305 g/mol. The van der Waals surface area contributed by atoms with E-state index in [1.807, 2.05) is 36.2 Å². The number of carbonyl (C=O) groups is 1. The van der Waals surface area contributed by atoms with Crippen molar-refractivity contribution in [2.45, 2.75) is 31.8 Å². The Morgan fingerprint density at radius 1 is 1.52 bits per heavy atom. The Labute approximate surface area is 130 Å². The third-order valence-corrected chi connectivity index (χ3v) is 4.21. The lowest BCUT2D eigenvalue weighted by molar-refractivity contribution is -0.123. The molecule has 1 aromatic carbocycles. The van der Waals surface area contributed by atoms with Crippen LogP contribution >= 0.6 is 11.6 Å². The largest absolute Gasteiger partial charge is 0.337 e. The van der Waals surface area contributed by atoms with Crippen molar-refractivity contribution < 1.29 is 4.79 Å². The number of rotatable bonds is 6. The number of hydrogen-bond donors (Lipinski definition) is 1. The molecule has 21 heavy (non-hydrogen) atoms. The molecule has 1 saturated carbocycles. The maximum atomic E-state index is 12.1. The smallest absolute Gasteiger partial charge is 0.235 e. The van der Waals surface area contributed by atoms with Gasteiger partial charge in [-0.05, 0) is 44.4 Å². The van der Waals surface area contributed by atoms with Crippen molar-refractivity contribution in [3.05, 3.63) is 34.9 Å². The third-order valence-electron chi connectivity index (χ3n) is 3.84. The maximum absolute atomic E-state index is 12.1. The zero-order valence-corrected chi connectivity index (χ0v) is 13.2. The number of amides is 1. The van der Waals surface area contributed by atoms with Crippen LogP contribution in [0, 0.1) is 17.2 Å². The van der Waals surface area contributed by atoms with Crippen LogP contribution in [0.2, 0.25) is 5.02 Å². The van der Waals surface area contributed by atoms with E-state index in [4.69, 9.17) is 11.6 Å². The van der Waals surface area contributed by atoms with Gasteiger partial charge in [-0.2, -0.15) is 5.26 Å². The molecule has 2 rings (SSSR count). The molecule has 1 N–H and O–H groups in total. The molecule has 0 bridgehead atoms. The standard InChI is InChI=1S/C16H20ClN3O/c1-16(11-18,13-7-8-13)19-15(21)10-20(2)9-12-5-3-4-6-14(12)17/h3-6,13H,7-10H2,1-2H3,(H,19,21)/t16-/m0/s1. The Kier molecular flexibility index (Phi) is 4.87. The quantitative estimate of drug-likeness (QED) is 0.879. The maximum Gasteiger partial charge on any atom is 0.235 e. The summed E-state index contributed by atoms with van der Waals surface area (Å²) in [5.74, 6) is 0.167. The van der Waals surface area contributed by atoms with Crippen molar-refractivity contribution in [1.82, 2.24) is 10.2 Å². The lowest BCUT2D eigenvalue weighted by Crippen LogP contribution is -2.49. The minimum Gasteiger partial charge on any atom is -0.337 e. The van der Waals surface area contributed by atoms with Gasteiger partial charge < -0.3 is 5.32 Å². The van der Waals surface area contributed by atoms with Gasteiger partial charge in [0.05, 0.1) is 12.6 Å². The van der Waals surface area contributed by atoms with E-state index < -0.39 is 5.54 Å². The Bertz CT molecular complexity index is 565. The highest BCUT2D eigenvalue weighted by Crippen LogP contribution is 2.39. The Balaban J connectivity index is 1.88. The van der Waals surface area contributed by atoms with Crippen LogP contribution < -0.4 is 5.32 Å². The van der Waals surface area contributed by atoms with E-state index in [1.54, 1.807) is 6.92 Å². The van der Waals surface area contributed by atoms with Gasteiger partial charge in [0.1, 0.15) is 5.54 Å². The van der Waals surface area contributed by atoms with Gasteiger partial charge in [0.2, 0.25) is 5.91 Å². The SMILES string of the molecule is CN(CC(=O)N[C@@](C)(C#N)C1CC1)Cc1ccccc1Cl. The highest BCUT2D eigenvalue weighted by atomic mass is 35.5. The Morgan fingerprint density at radius 3 is 2.76 bits per heavy atom. The first-order chi connectivity index (χ1) is 9.94. The second-order valence-corrected chi connectivity index (χ2v) is 6.31. The van der Waals surface area contributed by atoms with Crippen molar-refractivity contribution in [2.24, 2.45) is 5.92 Å². The molecule has 0 saturated heterocycles. The Morgan fingerprint density at radius 2 is 2.19 bits per heavy atom. The van der Waals surface area contributed by atoms with Gasteiger partial charge in [-0.1, -0.05) is 29.8 Å². The summed E-state index contributed by atoms with van der Waals surface area (Å²) >= 11 is 6.11. The van der Waals surface area contributed by atoms with Crippen LogP contribution in [0.5, 0.6) is 0 Å². The number of nitrogens with one attached hydrogen (secondary N) is 1. The molecule has 1 amide bonds.